The van der Waals surface area contributed by atoms with E-state index in [-0.39, 0.29) is 34.1 Å². The first-order valence-electron chi connectivity index (χ1n) is 2.86. The minimum Gasteiger partial charge on any atom is 0 e. The van der Waals surface area contributed by atoms with Crippen LogP contribution in [0.4, 0.5) is 0 Å². The van der Waals surface area contributed by atoms with Gasteiger partial charge >= 0.3 is 168 Å². The van der Waals surface area contributed by atoms with E-state index >= 15 is 0 Å². The minimum absolute atomic E-state index is 0. The van der Waals surface area contributed by atoms with E-state index in [0.717, 1.165) is 0 Å². The molecule has 140 valence electrons. The molecule has 0 spiro atoms. The molecule has 4 radical (unpaired) electrons. The summed E-state index contributed by atoms with van der Waals surface area (Å²) >= 11 is 3.90. The normalized spacial score (nSPS) is 1.23. The minimum atomic E-state index is 0. The molecule has 0 bridgehead atoms. The van der Waals surface area contributed by atoms with Crippen molar-refractivity contribution in [1.29, 1.82) is 0 Å². The molecule has 0 aromatic rings. The van der Waals surface area contributed by atoms with Crippen LogP contribution in [0.3, 0.4) is 0 Å². The van der Waals surface area contributed by atoms with Crippen molar-refractivity contribution in [3.05, 3.63) is 66.5 Å². The second kappa shape index (κ2) is 43700000. The molecule has 26 heavy (non-hydrogen) atoms. The third kappa shape index (κ3) is 38500000. The second-order valence-corrected chi connectivity index (χ2v) is 0. The molecule has 0 fully saturated rings. The van der Waals surface area contributed by atoms with E-state index in [1.54, 1.807) is 0 Å². The van der Waals surface area contributed by atoms with E-state index in [9.17, 15) is 0 Å². The summed E-state index contributed by atoms with van der Waals surface area (Å²) in [7, 11) is 0. The van der Waals surface area contributed by atoms with Gasteiger partial charge in [0.25, 0.3) is 0 Å². The van der Waals surface area contributed by atoms with Crippen molar-refractivity contribution in [3.63, 3.8) is 0 Å². The van der Waals surface area contributed by atoms with E-state index < -0.39 is 0 Å². The van der Waals surface area contributed by atoms with Crippen molar-refractivity contribution >= 4 is 44.6 Å². The summed E-state index contributed by atoms with van der Waals surface area (Å²) in [4.78, 5) is 4.02. The second-order valence-electron chi connectivity index (χ2n) is 0. The van der Waals surface area contributed by atoms with Gasteiger partial charge in [0.2, 0.25) is 0 Å². The van der Waals surface area contributed by atoms with Gasteiger partial charge < -0.3 is 0 Å². The fraction of sp³-hybridized carbons (Fsp3) is 0.167. The van der Waals surface area contributed by atoms with Crippen LogP contribution in [0.1, 0.15) is 0 Å². The van der Waals surface area contributed by atoms with Gasteiger partial charge in [0.05, 0.1) is 0 Å². The molecule has 0 aliphatic rings. The molecule has 0 rings (SSSR count). The van der Waals surface area contributed by atoms with Crippen LogP contribution in [-0.2, 0) is 80.7 Å². The standard InChI is InChI=1S/10CO.2CH3Te.2Mn/c12*1-2;;/h;;;;;;;;;;2*1H3;;. The van der Waals surface area contributed by atoms with Crippen LogP contribution < -0.4 is 0 Å². The summed E-state index contributed by atoms with van der Waals surface area (Å²) in [6, 6.07) is 0. The average Bonchev–Trinajstić information content (AvgIpc) is 2.84. The number of rotatable bonds is 0. The Bertz CT molecular complexity index is 189. The quantitative estimate of drug-likeness (QED) is 0.190. The topological polar surface area (TPSA) is 199 Å². The predicted octanol–water partition coefficient (Wildman–Crippen LogP) is 0.0259. The zero-order valence-electron chi connectivity index (χ0n) is 12.7. The molecule has 0 aromatic heterocycles. The monoisotopic (exact) mass is 680 g/mol. The van der Waals surface area contributed by atoms with Crippen molar-refractivity contribution < 1.29 is 80.7 Å². The summed E-state index contributed by atoms with van der Waals surface area (Å²) in [5.41, 5.74) is 0. The summed E-state index contributed by atoms with van der Waals surface area (Å²) in [6.45, 7) is 45.0. The van der Waals surface area contributed by atoms with Gasteiger partial charge in [-0.3, -0.25) is 0 Å². The maximum absolute atomic E-state index is 7.50. The summed E-state index contributed by atoms with van der Waals surface area (Å²) in [5, 5.41) is 0. The van der Waals surface area contributed by atoms with Gasteiger partial charge in [0.15, 0.2) is 0 Å². The molecular weight excluding hydrogens is 669 g/mol. The molecule has 0 aromatic carbocycles. The van der Waals surface area contributed by atoms with Gasteiger partial charge in [-0.25, -0.2) is 0 Å². The number of hydrogen-bond acceptors (Lipinski definition) is 0. The average molecular weight is 675 g/mol. The molecule has 0 atom stereocenters. The van der Waals surface area contributed by atoms with E-state index in [0.29, 0.717) is 0 Å². The van der Waals surface area contributed by atoms with Crippen LogP contribution in [0, 0.1) is 66.5 Å². The van der Waals surface area contributed by atoms with Gasteiger partial charge in [0.1, 0.15) is 0 Å². The molecule has 10 nitrogen and oxygen atoms in total. The molecule has 0 saturated carbocycles. The Morgan fingerprint density at radius 2 is 0.269 bits per heavy atom. The molecule has 0 saturated heterocycles. The Morgan fingerprint density at radius 3 is 0.269 bits per heavy atom. The van der Waals surface area contributed by atoms with Gasteiger partial charge in [-0.05, 0) is 0 Å². The first-order valence-corrected chi connectivity index (χ1v) is 7.52. The smallest absolute Gasteiger partial charge is 0 e. The van der Waals surface area contributed by atoms with Gasteiger partial charge in [0, 0.05) is 34.1 Å². The number of hydrogen-bond donors (Lipinski definition) is 0. The van der Waals surface area contributed by atoms with Crippen molar-refractivity contribution in [1.82, 2.24) is 0 Å². The van der Waals surface area contributed by atoms with Crippen molar-refractivity contribution in [3.8, 4) is 0 Å². The van der Waals surface area contributed by atoms with Crippen LogP contribution in [0.25, 0.3) is 0 Å². The Morgan fingerprint density at radius 1 is 0.269 bits per heavy atom. The van der Waals surface area contributed by atoms with Crippen molar-refractivity contribution in [2.45, 2.75) is 9.94 Å². The molecular formula is C12H6Mn2O10Te2. The Labute approximate surface area is 200 Å². The van der Waals surface area contributed by atoms with E-state index in [1.165, 1.54) is 0 Å². The Balaban J connectivity index is -0.00000000500. The van der Waals surface area contributed by atoms with E-state index in [4.69, 9.17) is 46.5 Å². The first kappa shape index (κ1) is 113. The van der Waals surface area contributed by atoms with Gasteiger partial charge in [-0.1, -0.05) is 0 Å². The maximum Gasteiger partial charge on any atom is 0 e. The van der Waals surface area contributed by atoms with Gasteiger partial charge in [-0.2, -0.15) is 0 Å². The van der Waals surface area contributed by atoms with Crippen LogP contribution in [-0.4, -0.2) is 44.6 Å². The van der Waals surface area contributed by atoms with Crippen molar-refractivity contribution in [2.75, 3.05) is 0 Å². The SMILES string of the molecule is C[Te].C[Te].[C-]#[O+].[C-]#[O+].[C-]#[O+].[C-]#[O+].[C-]#[O+].[C-]#[O+].[C-]#[O+].[C-]#[O+].[C-]#[O+].[C-]#[O+].[Mn].[Mn]. The predicted molar refractivity (Wildman–Crippen MR) is 62.5 cm³/mol. The molecule has 0 unspecified atom stereocenters. The van der Waals surface area contributed by atoms with Crippen molar-refractivity contribution in [2.24, 2.45) is 0 Å². The first-order chi connectivity index (χ1) is 12.0. The Kier molecular flexibility index (Phi) is 189000000. The maximum atomic E-state index is 7.50. The van der Waals surface area contributed by atoms with Crippen LogP contribution >= 0.6 is 0 Å². The van der Waals surface area contributed by atoms with Gasteiger partial charge in [-0.15, -0.1) is 0 Å². The van der Waals surface area contributed by atoms with Crippen LogP contribution in [0.15, 0.2) is 0 Å². The fourth-order valence-corrected chi connectivity index (χ4v) is 0. The zero-order chi connectivity index (χ0) is 24.0. The summed E-state index contributed by atoms with van der Waals surface area (Å²) < 4.78 is 75.0. The Hall–Kier alpha value is 0.0182. The van der Waals surface area contributed by atoms with Crippen LogP contribution in [0.2, 0.25) is 9.94 Å². The zero-order valence-corrected chi connectivity index (χ0v) is 19.7. The van der Waals surface area contributed by atoms with E-state index in [1.807, 2.05) is 54.5 Å². The summed E-state index contributed by atoms with van der Waals surface area (Å²) in [6.07, 6.45) is 0. The van der Waals surface area contributed by atoms with E-state index in [2.05, 4.69) is 66.5 Å². The molecule has 0 heterocycles. The fourth-order valence-electron chi connectivity index (χ4n) is 0. The molecule has 0 N–H and O–H groups in total. The molecule has 0 amide bonds. The third-order valence-corrected chi connectivity index (χ3v) is 0. The molecule has 14 heteroatoms. The largest absolute Gasteiger partial charge is 0 e. The molecule has 0 aliphatic carbocycles. The van der Waals surface area contributed by atoms with Crippen LogP contribution in [0.5, 0.6) is 0 Å². The third-order valence-electron chi connectivity index (χ3n) is 0. The summed E-state index contributed by atoms with van der Waals surface area (Å²) in [5.74, 6) is 0. The molecule has 0 aliphatic heterocycles.